The van der Waals surface area contributed by atoms with Crippen molar-refractivity contribution >= 4 is 27.4 Å². The van der Waals surface area contributed by atoms with E-state index in [1.54, 1.807) is 11.3 Å². The van der Waals surface area contributed by atoms with Crippen LogP contribution >= 0.6 is 11.3 Å². The molecular formula is C15H14N4OS. The first-order valence-electron chi connectivity index (χ1n) is 6.84. The second kappa shape index (κ2) is 5.05. The Balaban J connectivity index is 1.87. The highest BCUT2D eigenvalue weighted by Gasteiger charge is 2.18. The molecule has 0 spiro atoms. The van der Waals surface area contributed by atoms with E-state index in [0.29, 0.717) is 6.61 Å². The second-order valence-electron chi connectivity index (χ2n) is 4.90. The van der Waals surface area contributed by atoms with Crippen molar-refractivity contribution in [3.05, 3.63) is 35.0 Å². The van der Waals surface area contributed by atoms with Crippen molar-refractivity contribution in [2.24, 2.45) is 0 Å². The summed E-state index contributed by atoms with van der Waals surface area (Å²) in [5.74, 6) is 1.57. The fourth-order valence-corrected chi connectivity index (χ4v) is 3.32. The third-order valence-corrected chi connectivity index (χ3v) is 4.47. The van der Waals surface area contributed by atoms with Gasteiger partial charge in [0, 0.05) is 30.8 Å². The first-order chi connectivity index (χ1) is 10.3. The molecule has 106 valence electrons. The van der Waals surface area contributed by atoms with Crippen LogP contribution in [-0.4, -0.2) is 28.6 Å². The van der Waals surface area contributed by atoms with Gasteiger partial charge >= 0.3 is 0 Å². The molecule has 21 heavy (non-hydrogen) atoms. The molecule has 5 nitrogen and oxygen atoms in total. The summed E-state index contributed by atoms with van der Waals surface area (Å²) >= 11 is 1.68. The lowest BCUT2D eigenvalue weighted by Gasteiger charge is -2.19. The zero-order valence-electron chi connectivity index (χ0n) is 11.6. The number of hydrogen-bond acceptors (Lipinski definition) is 6. The molecule has 0 saturated carbocycles. The molecule has 6 heteroatoms. The summed E-state index contributed by atoms with van der Waals surface area (Å²) in [5.41, 5.74) is 4.11. The molecular weight excluding hydrogens is 284 g/mol. The predicted octanol–water partition coefficient (Wildman–Crippen LogP) is 2.87. The fourth-order valence-electron chi connectivity index (χ4n) is 2.54. The van der Waals surface area contributed by atoms with Crippen LogP contribution in [0.4, 0.5) is 5.82 Å². The topological polar surface area (TPSA) is 59.9 Å². The van der Waals surface area contributed by atoms with Gasteiger partial charge in [-0.1, -0.05) is 0 Å². The van der Waals surface area contributed by atoms with Crippen molar-refractivity contribution in [2.75, 3.05) is 19.0 Å². The Morgan fingerprint density at radius 3 is 3.19 bits per heavy atom. The average molecular weight is 298 g/mol. The summed E-state index contributed by atoms with van der Waals surface area (Å²) in [5, 5.41) is 5.20. The highest BCUT2D eigenvalue weighted by Crippen LogP contribution is 2.28. The van der Waals surface area contributed by atoms with Crippen LogP contribution in [-0.2, 0) is 17.8 Å². The Kier molecular flexibility index (Phi) is 3.05. The van der Waals surface area contributed by atoms with E-state index in [4.69, 9.17) is 9.72 Å². The molecule has 0 fully saturated rings. The van der Waals surface area contributed by atoms with Crippen LogP contribution in [0.5, 0.6) is 0 Å². The number of hydrogen-bond donors (Lipinski definition) is 1. The van der Waals surface area contributed by atoms with Crippen LogP contribution in [0, 0.1) is 0 Å². The van der Waals surface area contributed by atoms with Gasteiger partial charge in [0.1, 0.15) is 5.82 Å². The molecule has 1 aliphatic heterocycles. The summed E-state index contributed by atoms with van der Waals surface area (Å²) in [6, 6.07) is 4.13. The zero-order valence-corrected chi connectivity index (χ0v) is 12.4. The van der Waals surface area contributed by atoms with E-state index in [0.717, 1.165) is 51.7 Å². The van der Waals surface area contributed by atoms with Crippen molar-refractivity contribution in [3.63, 3.8) is 0 Å². The molecule has 1 N–H and O–H groups in total. The Hall–Kier alpha value is -2.05. The molecule has 0 atom stereocenters. The predicted molar refractivity (Wildman–Crippen MR) is 83.6 cm³/mol. The molecule has 0 unspecified atom stereocenters. The Labute approximate surface area is 126 Å². The average Bonchev–Trinajstić information content (AvgIpc) is 3.01. The molecule has 0 bridgehead atoms. The van der Waals surface area contributed by atoms with Crippen LogP contribution in [0.15, 0.2) is 23.7 Å². The first kappa shape index (κ1) is 12.7. The normalized spacial score (nSPS) is 14.1. The number of fused-ring (bicyclic) bond motifs is 2. The smallest absolute Gasteiger partial charge is 0.163 e. The second-order valence-corrected chi connectivity index (χ2v) is 5.85. The Bertz CT molecular complexity index is 797. The molecule has 3 aromatic heterocycles. The van der Waals surface area contributed by atoms with Crippen molar-refractivity contribution in [1.29, 1.82) is 0 Å². The maximum absolute atomic E-state index is 5.50. The van der Waals surface area contributed by atoms with Gasteiger partial charge < -0.3 is 10.1 Å². The van der Waals surface area contributed by atoms with Crippen LogP contribution in [0.25, 0.3) is 21.6 Å². The van der Waals surface area contributed by atoms with Gasteiger partial charge in [-0.3, -0.25) is 4.98 Å². The summed E-state index contributed by atoms with van der Waals surface area (Å²) in [6.07, 6.45) is 2.67. The number of aromatic nitrogens is 3. The third kappa shape index (κ3) is 2.16. The zero-order chi connectivity index (χ0) is 14.2. The van der Waals surface area contributed by atoms with Crippen LogP contribution in [0.1, 0.15) is 11.3 Å². The van der Waals surface area contributed by atoms with Crippen LogP contribution < -0.4 is 5.32 Å². The lowest BCUT2D eigenvalue weighted by Crippen LogP contribution is -2.16. The fraction of sp³-hybridized carbons (Fsp3) is 0.267. The van der Waals surface area contributed by atoms with Gasteiger partial charge in [-0.15, -0.1) is 11.3 Å². The highest BCUT2D eigenvalue weighted by molar-refractivity contribution is 7.17. The quantitative estimate of drug-likeness (QED) is 0.788. The molecule has 3 aromatic rings. The van der Waals surface area contributed by atoms with Crippen molar-refractivity contribution < 1.29 is 4.74 Å². The standard InChI is InChI=1S/C15H14N4OS/c1-16-15-10-8-20-4-2-11(10)18-14(19-15)9-6-13-12(17-7-9)3-5-21-13/h3,5-7H,2,4,8H2,1H3,(H,16,18,19). The number of anilines is 1. The van der Waals surface area contributed by atoms with E-state index in [2.05, 4.69) is 21.4 Å². The van der Waals surface area contributed by atoms with E-state index >= 15 is 0 Å². The molecule has 1 aliphatic rings. The molecule has 0 saturated heterocycles. The summed E-state index contributed by atoms with van der Waals surface area (Å²) in [7, 11) is 1.88. The summed E-state index contributed by atoms with van der Waals surface area (Å²) in [4.78, 5) is 13.8. The molecule has 0 aromatic carbocycles. The third-order valence-electron chi connectivity index (χ3n) is 3.62. The molecule has 4 heterocycles. The van der Waals surface area contributed by atoms with E-state index in [1.807, 2.05) is 24.7 Å². The van der Waals surface area contributed by atoms with Crippen molar-refractivity contribution in [2.45, 2.75) is 13.0 Å². The van der Waals surface area contributed by atoms with E-state index in [-0.39, 0.29) is 0 Å². The van der Waals surface area contributed by atoms with Gasteiger partial charge in [0.2, 0.25) is 0 Å². The molecule has 0 radical (unpaired) electrons. The van der Waals surface area contributed by atoms with Gasteiger partial charge in [-0.25, -0.2) is 9.97 Å². The van der Waals surface area contributed by atoms with Gasteiger partial charge in [0.15, 0.2) is 5.82 Å². The van der Waals surface area contributed by atoms with E-state index in [1.165, 1.54) is 0 Å². The molecule has 4 rings (SSSR count). The van der Waals surface area contributed by atoms with Gasteiger partial charge in [0.25, 0.3) is 0 Å². The van der Waals surface area contributed by atoms with Crippen LogP contribution in [0.3, 0.4) is 0 Å². The van der Waals surface area contributed by atoms with Crippen molar-refractivity contribution in [3.8, 4) is 11.4 Å². The lowest BCUT2D eigenvalue weighted by atomic mass is 10.1. The van der Waals surface area contributed by atoms with Crippen molar-refractivity contribution in [1.82, 2.24) is 15.0 Å². The van der Waals surface area contributed by atoms with Gasteiger partial charge in [-0.05, 0) is 17.5 Å². The van der Waals surface area contributed by atoms with Gasteiger partial charge in [-0.2, -0.15) is 0 Å². The minimum absolute atomic E-state index is 0.577. The Morgan fingerprint density at radius 2 is 2.29 bits per heavy atom. The van der Waals surface area contributed by atoms with E-state index in [9.17, 15) is 0 Å². The van der Waals surface area contributed by atoms with Gasteiger partial charge in [0.05, 0.1) is 29.1 Å². The highest BCUT2D eigenvalue weighted by atomic mass is 32.1. The summed E-state index contributed by atoms with van der Waals surface area (Å²) < 4.78 is 6.66. The molecule has 0 amide bonds. The maximum Gasteiger partial charge on any atom is 0.163 e. The van der Waals surface area contributed by atoms with Crippen LogP contribution in [0.2, 0.25) is 0 Å². The molecule has 0 aliphatic carbocycles. The summed E-state index contributed by atoms with van der Waals surface area (Å²) in [6.45, 7) is 1.29. The lowest BCUT2D eigenvalue weighted by molar-refractivity contribution is 0.109. The number of rotatable bonds is 2. The number of thiophene rings is 1. The first-order valence-corrected chi connectivity index (χ1v) is 7.72. The number of pyridine rings is 1. The SMILES string of the molecule is CNc1nc(-c2cnc3ccsc3c2)nc2c1COCC2. The van der Waals surface area contributed by atoms with E-state index < -0.39 is 0 Å². The Morgan fingerprint density at radius 1 is 1.33 bits per heavy atom. The maximum atomic E-state index is 5.50. The largest absolute Gasteiger partial charge is 0.376 e. The number of nitrogens with zero attached hydrogens (tertiary/aromatic N) is 3. The monoisotopic (exact) mass is 298 g/mol. The minimum atomic E-state index is 0.577. The number of ether oxygens (including phenoxy) is 1. The number of nitrogens with one attached hydrogen (secondary N) is 1. The minimum Gasteiger partial charge on any atom is -0.376 e.